The van der Waals surface area contributed by atoms with Gasteiger partial charge < -0.3 is 4.74 Å². The quantitative estimate of drug-likeness (QED) is 0.800. The van der Waals surface area contributed by atoms with Gasteiger partial charge in [0.2, 0.25) is 0 Å². The molecule has 0 fully saturated rings. The number of H-pyrrole nitrogens is 1. The van der Waals surface area contributed by atoms with Gasteiger partial charge in [-0.05, 0) is 24.6 Å². The smallest absolute Gasteiger partial charge is 0.260 e. The fourth-order valence-corrected chi connectivity index (χ4v) is 2.92. The van der Waals surface area contributed by atoms with Crippen molar-refractivity contribution in [2.45, 2.75) is 13.5 Å². The Morgan fingerprint density at radius 1 is 1.25 bits per heavy atom. The molecule has 3 aromatic rings. The fraction of sp³-hybridized carbons (Fsp3) is 0.176. The van der Waals surface area contributed by atoms with Crippen molar-refractivity contribution in [1.82, 2.24) is 20.2 Å². The maximum Gasteiger partial charge on any atom is 0.260 e. The first-order chi connectivity index (χ1) is 11.7. The largest absolute Gasteiger partial charge is 0.495 e. The van der Waals surface area contributed by atoms with Crippen molar-refractivity contribution in [2.24, 2.45) is 0 Å². The van der Waals surface area contributed by atoms with Crippen molar-refractivity contribution in [3.63, 3.8) is 0 Å². The number of anilines is 1. The van der Waals surface area contributed by atoms with E-state index in [0.29, 0.717) is 17.9 Å². The van der Waals surface area contributed by atoms with E-state index < -0.39 is 0 Å². The van der Waals surface area contributed by atoms with Crippen molar-refractivity contribution < 1.29 is 9.53 Å². The first-order valence-electron chi connectivity index (χ1n) is 7.48. The topological polar surface area (TPSA) is 84.0 Å². The van der Waals surface area contributed by atoms with E-state index in [0.717, 1.165) is 28.2 Å². The van der Waals surface area contributed by atoms with E-state index in [1.165, 1.54) is 0 Å². The highest BCUT2D eigenvalue weighted by molar-refractivity contribution is 6.10. The molecule has 0 aromatic carbocycles. The average molecular weight is 321 g/mol. The molecule has 0 saturated heterocycles. The predicted molar refractivity (Wildman–Crippen MR) is 87.9 cm³/mol. The summed E-state index contributed by atoms with van der Waals surface area (Å²) in [6.45, 7) is 2.36. The second kappa shape index (κ2) is 5.45. The SMILES string of the molecule is COc1cncc(-c2cc(C)c3c(n2)CN(c2cn[nH]c2)C3=O)c1. The molecule has 7 nitrogen and oxygen atoms in total. The Kier molecular flexibility index (Phi) is 3.26. The summed E-state index contributed by atoms with van der Waals surface area (Å²) in [6.07, 6.45) is 6.72. The number of aryl methyl sites for hydroxylation is 1. The van der Waals surface area contributed by atoms with Crippen LogP contribution in [0.15, 0.2) is 36.9 Å². The Morgan fingerprint density at radius 2 is 2.12 bits per heavy atom. The first kappa shape index (κ1) is 14.4. The van der Waals surface area contributed by atoms with Gasteiger partial charge in [-0.3, -0.25) is 24.8 Å². The number of aromatic nitrogens is 4. The molecule has 3 aromatic heterocycles. The predicted octanol–water partition coefficient (Wildman–Crippen LogP) is 2.34. The molecule has 4 rings (SSSR count). The number of nitrogens with one attached hydrogen (secondary N) is 1. The third-order valence-corrected chi connectivity index (χ3v) is 4.10. The highest BCUT2D eigenvalue weighted by Crippen LogP contribution is 2.31. The van der Waals surface area contributed by atoms with Crippen LogP contribution in [0, 0.1) is 6.92 Å². The van der Waals surface area contributed by atoms with Gasteiger partial charge in [-0.25, -0.2) is 0 Å². The van der Waals surface area contributed by atoms with Crippen LogP contribution in [0.1, 0.15) is 21.6 Å². The van der Waals surface area contributed by atoms with E-state index in [2.05, 4.69) is 20.2 Å². The molecule has 1 aliphatic heterocycles. The van der Waals surface area contributed by atoms with Gasteiger partial charge in [-0.15, -0.1) is 0 Å². The maximum absolute atomic E-state index is 12.7. The minimum Gasteiger partial charge on any atom is -0.495 e. The molecule has 1 amide bonds. The van der Waals surface area contributed by atoms with Crippen LogP contribution in [0.25, 0.3) is 11.3 Å². The summed E-state index contributed by atoms with van der Waals surface area (Å²) >= 11 is 0. The number of methoxy groups -OCH3 is 1. The number of nitrogens with zero attached hydrogens (tertiary/aromatic N) is 4. The summed E-state index contributed by atoms with van der Waals surface area (Å²) in [4.78, 5) is 23.2. The lowest BCUT2D eigenvalue weighted by Crippen LogP contribution is -2.22. The number of carbonyl (C=O) groups excluding carboxylic acids is 1. The summed E-state index contributed by atoms with van der Waals surface area (Å²) in [5, 5.41) is 6.64. The molecule has 0 saturated carbocycles. The van der Waals surface area contributed by atoms with E-state index in [9.17, 15) is 4.79 Å². The molecule has 0 unspecified atom stereocenters. The second-order valence-corrected chi connectivity index (χ2v) is 5.61. The van der Waals surface area contributed by atoms with Crippen LogP contribution in [-0.2, 0) is 6.54 Å². The number of rotatable bonds is 3. The Morgan fingerprint density at radius 3 is 2.88 bits per heavy atom. The van der Waals surface area contributed by atoms with Crippen molar-refractivity contribution in [3.05, 3.63) is 53.7 Å². The van der Waals surface area contributed by atoms with E-state index in [4.69, 9.17) is 4.74 Å². The lowest BCUT2D eigenvalue weighted by atomic mass is 10.1. The molecule has 1 N–H and O–H groups in total. The summed E-state index contributed by atoms with van der Waals surface area (Å²) in [6, 6.07) is 3.79. The minimum atomic E-state index is -0.0493. The van der Waals surface area contributed by atoms with Crippen molar-refractivity contribution in [1.29, 1.82) is 0 Å². The van der Waals surface area contributed by atoms with Crippen molar-refractivity contribution >= 4 is 11.6 Å². The van der Waals surface area contributed by atoms with Crippen LogP contribution in [0.2, 0.25) is 0 Å². The average Bonchev–Trinajstić information content (AvgIpc) is 3.23. The molecule has 24 heavy (non-hydrogen) atoms. The lowest BCUT2D eigenvalue weighted by molar-refractivity contribution is 0.0996. The molecule has 0 atom stereocenters. The molecule has 0 spiro atoms. The van der Waals surface area contributed by atoms with E-state index in [1.807, 2.05) is 19.1 Å². The van der Waals surface area contributed by atoms with Gasteiger partial charge in [0.05, 0.1) is 48.7 Å². The molecule has 1 aliphatic rings. The molecule has 0 bridgehead atoms. The highest BCUT2D eigenvalue weighted by Gasteiger charge is 2.32. The Balaban J connectivity index is 1.77. The molecular weight excluding hydrogens is 306 g/mol. The van der Waals surface area contributed by atoms with Gasteiger partial charge in [-0.2, -0.15) is 5.10 Å². The van der Waals surface area contributed by atoms with Gasteiger partial charge in [0.25, 0.3) is 5.91 Å². The van der Waals surface area contributed by atoms with Crippen molar-refractivity contribution in [3.8, 4) is 17.0 Å². The number of pyridine rings is 2. The summed E-state index contributed by atoms with van der Waals surface area (Å²) in [7, 11) is 1.60. The van der Waals surface area contributed by atoms with Crippen LogP contribution >= 0.6 is 0 Å². The molecular formula is C17H15N5O2. The minimum absolute atomic E-state index is 0.0493. The number of hydrogen-bond donors (Lipinski definition) is 1. The number of fused-ring (bicyclic) bond motifs is 1. The zero-order chi connectivity index (χ0) is 16.7. The van der Waals surface area contributed by atoms with Crippen LogP contribution in [0.4, 0.5) is 5.69 Å². The van der Waals surface area contributed by atoms with E-state index >= 15 is 0 Å². The number of ether oxygens (including phenoxy) is 1. The standard InChI is InChI=1S/C17H15N5O2/c1-10-3-14(11-4-13(24-2)8-18-5-11)21-15-9-22(17(23)16(10)15)12-6-19-20-7-12/h3-8H,9H2,1-2H3,(H,19,20). The lowest BCUT2D eigenvalue weighted by Gasteiger charge is -2.11. The van der Waals surface area contributed by atoms with Crippen molar-refractivity contribution in [2.75, 3.05) is 12.0 Å². The maximum atomic E-state index is 12.7. The van der Waals surface area contributed by atoms with Gasteiger partial charge in [0.1, 0.15) is 5.75 Å². The summed E-state index contributed by atoms with van der Waals surface area (Å²) in [5.74, 6) is 0.621. The van der Waals surface area contributed by atoms with Crippen LogP contribution in [0.3, 0.4) is 0 Å². The molecule has 120 valence electrons. The van der Waals surface area contributed by atoms with E-state index in [-0.39, 0.29) is 5.91 Å². The Hall–Kier alpha value is -3.22. The number of amides is 1. The number of hydrogen-bond acceptors (Lipinski definition) is 5. The monoisotopic (exact) mass is 321 g/mol. The van der Waals surface area contributed by atoms with Gasteiger partial charge in [0, 0.05) is 18.0 Å². The summed E-state index contributed by atoms with van der Waals surface area (Å²) < 4.78 is 5.22. The zero-order valence-electron chi connectivity index (χ0n) is 13.3. The van der Waals surface area contributed by atoms with E-state index in [1.54, 1.807) is 36.8 Å². The second-order valence-electron chi connectivity index (χ2n) is 5.61. The third-order valence-electron chi connectivity index (χ3n) is 4.10. The molecule has 4 heterocycles. The van der Waals surface area contributed by atoms with Gasteiger partial charge in [-0.1, -0.05) is 0 Å². The Bertz CT molecular complexity index is 921. The van der Waals surface area contributed by atoms with Crippen LogP contribution in [-0.4, -0.2) is 33.2 Å². The zero-order valence-corrected chi connectivity index (χ0v) is 13.3. The molecule has 0 radical (unpaired) electrons. The highest BCUT2D eigenvalue weighted by atomic mass is 16.5. The van der Waals surface area contributed by atoms with Gasteiger partial charge >= 0.3 is 0 Å². The number of aromatic amines is 1. The first-order valence-corrected chi connectivity index (χ1v) is 7.48. The third kappa shape index (κ3) is 2.21. The Labute approximate surface area is 138 Å². The summed E-state index contributed by atoms with van der Waals surface area (Å²) in [5.41, 5.74) is 4.69. The van der Waals surface area contributed by atoms with Crippen LogP contribution in [0.5, 0.6) is 5.75 Å². The molecule has 0 aliphatic carbocycles. The fourth-order valence-electron chi connectivity index (χ4n) is 2.92. The normalized spacial score (nSPS) is 13.2. The van der Waals surface area contributed by atoms with Gasteiger partial charge in [0.15, 0.2) is 0 Å². The number of carbonyl (C=O) groups is 1. The van der Waals surface area contributed by atoms with Crippen LogP contribution < -0.4 is 9.64 Å². The molecule has 7 heteroatoms.